The minimum absolute atomic E-state index is 0.0913. The number of fused-ring (bicyclic) bond motifs is 1. The number of hydrogen-bond donors (Lipinski definition) is 1. The number of carboxylic acid groups (broad SMARTS) is 1. The minimum Gasteiger partial charge on any atom is -0.481 e. The van der Waals surface area contributed by atoms with Gasteiger partial charge in [-0.05, 0) is 26.8 Å². The summed E-state index contributed by atoms with van der Waals surface area (Å²) in [5.41, 5.74) is 3.23. The summed E-state index contributed by atoms with van der Waals surface area (Å²) >= 11 is 0. The van der Waals surface area contributed by atoms with E-state index in [9.17, 15) is 9.59 Å². The van der Waals surface area contributed by atoms with Gasteiger partial charge in [-0.3, -0.25) is 9.59 Å². The van der Waals surface area contributed by atoms with Crippen molar-refractivity contribution in [2.45, 2.75) is 27.2 Å². The molecule has 1 N–H and O–H groups in total. The summed E-state index contributed by atoms with van der Waals surface area (Å²) in [5.74, 6) is -1.20. The van der Waals surface area contributed by atoms with Crippen LogP contribution in [0.3, 0.4) is 0 Å². The van der Waals surface area contributed by atoms with Crippen molar-refractivity contribution < 1.29 is 14.7 Å². The largest absolute Gasteiger partial charge is 0.481 e. The van der Waals surface area contributed by atoms with E-state index in [2.05, 4.69) is 10.1 Å². The molecule has 0 radical (unpaired) electrons. The number of aliphatic carboxylic acids is 1. The van der Waals surface area contributed by atoms with Gasteiger partial charge in [0.05, 0.1) is 12.1 Å². The first-order valence-corrected chi connectivity index (χ1v) is 6.62. The van der Waals surface area contributed by atoms with Crippen LogP contribution >= 0.6 is 0 Å². The van der Waals surface area contributed by atoms with Gasteiger partial charge in [0.2, 0.25) is 0 Å². The molecule has 2 rings (SSSR count). The molecule has 0 saturated heterocycles. The molecule has 0 spiro atoms. The van der Waals surface area contributed by atoms with Gasteiger partial charge >= 0.3 is 5.97 Å². The number of carbonyl (C=O) groups excluding carboxylic acids is 1. The summed E-state index contributed by atoms with van der Waals surface area (Å²) in [4.78, 5) is 28.9. The van der Waals surface area contributed by atoms with Crippen LogP contribution in [-0.2, 0) is 4.79 Å². The standard InChI is InChI=1S/C14H18N4O3/c1-8-7-9(2)18-13(15-8)12(10(3)16-18)14(21)17(4)6-5-11(19)20/h7H,5-6H2,1-4H3,(H,19,20). The average Bonchev–Trinajstić information content (AvgIpc) is 2.71. The lowest BCUT2D eigenvalue weighted by molar-refractivity contribution is -0.137. The SMILES string of the molecule is Cc1cc(C)n2nc(C)c(C(=O)N(C)CCC(=O)O)c2n1. The monoisotopic (exact) mass is 290 g/mol. The Bertz CT molecular complexity index is 721. The first-order valence-electron chi connectivity index (χ1n) is 6.62. The van der Waals surface area contributed by atoms with Crippen molar-refractivity contribution >= 4 is 17.5 Å². The van der Waals surface area contributed by atoms with Crippen molar-refractivity contribution in [2.24, 2.45) is 0 Å². The Kier molecular flexibility index (Phi) is 3.93. The van der Waals surface area contributed by atoms with Gasteiger partial charge in [0.25, 0.3) is 5.91 Å². The maximum atomic E-state index is 12.5. The number of amides is 1. The van der Waals surface area contributed by atoms with Crippen LogP contribution in [0.2, 0.25) is 0 Å². The Labute approximate surface area is 122 Å². The molecule has 112 valence electrons. The van der Waals surface area contributed by atoms with Crippen molar-refractivity contribution in [3.8, 4) is 0 Å². The van der Waals surface area contributed by atoms with Gasteiger partial charge in [0.15, 0.2) is 5.65 Å². The van der Waals surface area contributed by atoms with Gasteiger partial charge in [0, 0.05) is 25.0 Å². The van der Waals surface area contributed by atoms with Gasteiger partial charge in [0.1, 0.15) is 5.56 Å². The highest BCUT2D eigenvalue weighted by atomic mass is 16.4. The fourth-order valence-electron chi connectivity index (χ4n) is 2.23. The first kappa shape index (κ1) is 15.0. The molecule has 0 aliphatic rings. The topological polar surface area (TPSA) is 87.8 Å². The van der Waals surface area contributed by atoms with Crippen LogP contribution < -0.4 is 0 Å². The Morgan fingerprint density at radius 1 is 1.33 bits per heavy atom. The Morgan fingerprint density at radius 2 is 2.00 bits per heavy atom. The van der Waals surface area contributed by atoms with E-state index < -0.39 is 5.97 Å². The molecule has 2 aromatic rings. The summed E-state index contributed by atoms with van der Waals surface area (Å²) in [7, 11) is 1.58. The second-order valence-electron chi connectivity index (χ2n) is 5.11. The van der Waals surface area contributed by atoms with Crippen LogP contribution in [0.25, 0.3) is 5.65 Å². The third-order valence-corrected chi connectivity index (χ3v) is 3.29. The van der Waals surface area contributed by atoms with Gasteiger partial charge in [-0.2, -0.15) is 5.10 Å². The smallest absolute Gasteiger partial charge is 0.305 e. The Balaban J connectivity index is 2.43. The minimum atomic E-state index is -0.934. The van der Waals surface area contributed by atoms with E-state index in [-0.39, 0.29) is 18.9 Å². The van der Waals surface area contributed by atoms with E-state index >= 15 is 0 Å². The van der Waals surface area contributed by atoms with E-state index in [1.807, 2.05) is 19.9 Å². The Morgan fingerprint density at radius 3 is 2.62 bits per heavy atom. The number of aromatic nitrogens is 3. The lowest BCUT2D eigenvalue weighted by atomic mass is 10.2. The van der Waals surface area contributed by atoms with Gasteiger partial charge in [-0.1, -0.05) is 0 Å². The van der Waals surface area contributed by atoms with Crippen LogP contribution in [0.5, 0.6) is 0 Å². The van der Waals surface area contributed by atoms with Gasteiger partial charge < -0.3 is 10.0 Å². The second-order valence-corrected chi connectivity index (χ2v) is 5.11. The third-order valence-electron chi connectivity index (χ3n) is 3.29. The normalized spacial score (nSPS) is 10.9. The highest BCUT2D eigenvalue weighted by molar-refractivity contribution is 6.01. The highest BCUT2D eigenvalue weighted by Gasteiger charge is 2.22. The fourth-order valence-corrected chi connectivity index (χ4v) is 2.23. The molecule has 0 bridgehead atoms. The van der Waals surface area contributed by atoms with E-state index in [0.29, 0.717) is 16.9 Å². The first-order chi connectivity index (χ1) is 9.81. The van der Waals surface area contributed by atoms with Crippen molar-refractivity contribution in [1.82, 2.24) is 19.5 Å². The molecular formula is C14H18N4O3. The van der Waals surface area contributed by atoms with Crippen molar-refractivity contribution in [3.63, 3.8) is 0 Å². The zero-order chi connectivity index (χ0) is 15.7. The fraction of sp³-hybridized carbons (Fsp3) is 0.429. The molecule has 0 aliphatic carbocycles. The van der Waals surface area contributed by atoms with Gasteiger partial charge in [-0.25, -0.2) is 9.50 Å². The molecule has 2 aromatic heterocycles. The summed E-state index contributed by atoms with van der Waals surface area (Å²) in [6.45, 7) is 5.66. The summed E-state index contributed by atoms with van der Waals surface area (Å²) in [6.07, 6.45) is -0.0913. The quantitative estimate of drug-likeness (QED) is 0.914. The van der Waals surface area contributed by atoms with Crippen LogP contribution in [0.15, 0.2) is 6.07 Å². The number of carbonyl (C=O) groups is 2. The van der Waals surface area contributed by atoms with E-state index in [1.165, 1.54) is 4.90 Å². The molecule has 2 heterocycles. The van der Waals surface area contributed by atoms with Crippen molar-refractivity contribution in [2.75, 3.05) is 13.6 Å². The summed E-state index contributed by atoms with van der Waals surface area (Å²) < 4.78 is 1.64. The molecule has 7 heteroatoms. The molecule has 0 aromatic carbocycles. The number of aryl methyl sites for hydroxylation is 3. The van der Waals surface area contributed by atoms with E-state index in [4.69, 9.17) is 5.11 Å². The molecule has 21 heavy (non-hydrogen) atoms. The predicted octanol–water partition coefficient (Wildman–Crippen LogP) is 1.20. The molecule has 0 saturated carbocycles. The Hall–Kier alpha value is -2.44. The summed E-state index contributed by atoms with van der Waals surface area (Å²) in [6, 6.07) is 1.89. The molecule has 0 unspecified atom stereocenters. The number of rotatable bonds is 4. The molecule has 1 amide bonds. The van der Waals surface area contributed by atoms with Crippen LogP contribution in [-0.4, -0.2) is 50.1 Å². The van der Waals surface area contributed by atoms with E-state index in [0.717, 1.165) is 11.4 Å². The zero-order valence-corrected chi connectivity index (χ0v) is 12.5. The predicted molar refractivity (Wildman–Crippen MR) is 76.4 cm³/mol. The molecular weight excluding hydrogens is 272 g/mol. The maximum Gasteiger partial charge on any atom is 0.305 e. The zero-order valence-electron chi connectivity index (χ0n) is 12.5. The lowest BCUT2D eigenvalue weighted by Crippen LogP contribution is -2.29. The van der Waals surface area contributed by atoms with E-state index in [1.54, 1.807) is 18.5 Å². The molecule has 0 aliphatic heterocycles. The van der Waals surface area contributed by atoms with Gasteiger partial charge in [-0.15, -0.1) is 0 Å². The summed E-state index contributed by atoms with van der Waals surface area (Å²) in [5, 5.41) is 13.0. The van der Waals surface area contributed by atoms with Crippen molar-refractivity contribution in [1.29, 1.82) is 0 Å². The van der Waals surface area contributed by atoms with Crippen molar-refractivity contribution in [3.05, 3.63) is 28.7 Å². The molecule has 7 nitrogen and oxygen atoms in total. The number of carboxylic acids is 1. The number of nitrogens with zero attached hydrogens (tertiary/aromatic N) is 4. The van der Waals surface area contributed by atoms with Crippen LogP contribution in [0.4, 0.5) is 0 Å². The third kappa shape index (κ3) is 2.86. The highest BCUT2D eigenvalue weighted by Crippen LogP contribution is 2.17. The lowest BCUT2D eigenvalue weighted by Gasteiger charge is -2.15. The maximum absolute atomic E-state index is 12.5. The second kappa shape index (κ2) is 5.51. The van der Waals surface area contributed by atoms with Crippen LogP contribution in [0, 0.1) is 20.8 Å². The average molecular weight is 290 g/mol. The number of hydrogen-bond acceptors (Lipinski definition) is 4. The van der Waals surface area contributed by atoms with Crippen LogP contribution in [0.1, 0.15) is 33.9 Å². The molecule has 0 atom stereocenters. The molecule has 0 fully saturated rings.